The normalized spacial score (nSPS) is 41.9. The van der Waals surface area contributed by atoms with Crippen LogP contribution >= 0.6 is 0 Å². The molecule has 14 heavy (non-hydrogen) atoms. The Morgan fingerprint density at radius 1 is 1.50 bits per heavy atom. The second kappa shape index (κ2) is 3.42. The Bertz CT molecular complexity index is 318. The maximum absolute atomic E-state index is 11.2. The molecular weight excluding hydrogens is 206 g/mol. The molecule has 2 fully saturated rings. The van der Waals surface area contributed by atoms with Crippen LogP contribution in [0.3, 0.4) is 0 Å². The van der Waals surface area contributed by atoms with Gasteiger partial charge in [-0.2, -0.15) is 13.1 Å². The van der Waals surface area contributed by atoms with Gasteiger partial charge in [0.25, 0.3) is 10.2 Å². The van der Waals surface area contributed by atoms with Crippen LogP contribution < -0.4 is 15.2 Å². The lowest BCUT2D eigenvalue weighted by molar-refractivity contribution is -0.00933. The van der Waals surface area contributed by atoms with Gasteiger partial charge >= 0.3 is 0 Å². The molecule has 2 aliphatic rings. The van der Waals surface area contributed by atoms with Crippen molar-refractivity contribution in [3.05, 3.63) is 0 Å². The second-order valence-electron chi connectivity index (χ2n) is 3.72. The lowest BCUT2D eigenvalue weighted by atomic mass is 9.73. The third kappa shape index (κ3) is 1.55. The first-order valence-corrected chi connectivity index (χ1v) is 6.11. The predicted molar refractivity (Wildman–Crippen MR) is 50.7 cm³/mol. The predicted octanol–water partition coefficient (Wildman–Crippen LogP) is -1.85. The highest BCUT2D eigenvalue weighted by Gasteiger charge is 2.53. The van der Waals surface area contributed by atoms with Gasteiger partial charge in [-0.05, 0) is 6.42 Å². The highest BCUT2D eigenvalue weighted by Crippen LogP contribution is 2.37. The number of hydrogen-bond donors (Lipinski definition) is 3. The average Bonchev–Trinajstić information content (AvgIpc) is 2.59. The molecule has 0 amide bonds. The summed E-state index contributed by atoms with van der Waals surface area (Å²) >= 11 is 0. The van der Waals surface area contributed by atoms with Crippen LogP contribution in [0.5, 0.6) is 0 Å². The van der Waals surface area contributed by atoms with Crippen molar-refractivity contribution >= 4 is 10.2 Å². The maximum atomic E-state index is 11.2. The molecule has 4 N–H and O–H groups in total. The van der Waals surface area contributed by atoms with Crippen molar-refractivity contribution in [2.75, 3.05) is 13.7 Å². The zero-order valence-electron chi connectivity index (χ0n) is 7.93. The Morgan fingerprint density at radius 3 is 2.86 bits per heavy atom. The van der Waals surface area contributed by atoms with E-state index in [1.807, 2.05) is 0 Å². The van der Waals surface area contributed by atoms with Crippen LogP contribution in [0.1, 0.15) is 6.42 Å². The Kier molecular flexibility index (Phi) is 2.52. The van der Waals surface area contributed by atoms with Crippen molar-refractivity contribution in [3.63, 3.8) is 0 Å². The first-order chi connectivity index (χ1) is 6.55. The fraction of sp³-hybridized carbons (Fsp3) is 1.00. The molecule has 0 bridgehead atoms. The quantitative estimate of drug-likeness (QED) is 0.522. The van der Waals surface area contributed by atoms with Crippen molar-refractivity contribution in [3.8, 4) is 0 Å². The molecule has 0 aromatic heterocycles. The summed E-state index contributed by atoms with van der Waals surface area (Å²) in [6, 6.07) is -0.398. The van der Waals surface area contributed by atoms with Crippen LogP contribution in [-0.4, -0.2) is 40.3 Å². The van der Waals surface area contributed by atoms with Gasteiger partial charge in [0, 0.05) is 25.6 Å². The molecule has 0 spiro atoms. The minimum atomic E-state index is -3.41. The molecule has 1 saturated carbocycles. The molecule has 1 saturated heterocycles. The fourth-order valence-electron chi connectivity index (χ4n) is 2.13. The maximum Gasteiger partial charge on any atom is 0.277 e. The van der Waals surface area contributed by atoms with Gasteiger partial charge in [0.1, 0.15) is 0 Å². The van der Waals surface area contributed by atoms with E-state index in [2.05, 4.69) is 9.44 Å². The van der Waals surface area contributed by atoms with Gasteiger partial charge in [-0.15, -0.1) is 0 Å². The molecule has 1 heterocycles. The van der Waals surface area contributed by atoms with Gasteiger partial charge in [0.05, 0.1) is 12.1 Å². The van der Waals surface area contributed by atoms with E-state index in [0.29, 0.717) is 12.5 Å². The van der Waals surface area contributed by atoms with Gasteiger partial charge in [0.2, 0.25) is 0 Å². The summed E-state index contributed by atoms with van der Waals surface area (Å²) in [5.74, 6) is 0.319. The molecule has 0 aromatic rings. The first kappa shape index (κ1) is 10.3. The average molecular weight is 221 g/mol. The zero-order valence-corrected chi connectivity index (χ0v) is 8.75. The number of ether oxygens (including phenoxy) is 1. The van der Waals surface area contributed by atoms with E-state index in [4.69, 9.17) is 10.5 Å². The SMILES string of the molecule is CNS(=O)(=O)NC1C(N)C2CCOC21. The molecular formula is C7H15N3O3S. The monoisotopic (exact) mass is 221 g/mol. The lowest BCUT2D eigenvalue weighted by Gasteiger charge is -2.45. The molecule has 82 valence electrons. The Morgan fingerprint density at radius 2 is 2.21 bits per heavy atom. The third-order valence-corrected chi connectivity index (χ3v) is 4.13. The molecule has 4 unspecified atom stereocenters. The molecule has 0 aromatic carbocycles. The summed E-state index contributed by atoms with van der Waals surface area (Å²) < 4.78 is 32.5. The van der Waals surface area contributed by atoms with Crippen LogP contribution in [0.15, 0.2) is 0 Å². The zero-order chi connectivity index (χ0) is 10.3. The van der Waals surface area contributed by atoms with E-state index in [0.717, 1.165) is 6.42 Å². The van der Waals surface area contributed by atoms with Crippen LogP contribution in [0, 0.1) is 5.92 Å². The molecule has 1 aliphatic carbocycles. The standard InChI is InChI=1S/C7H15N3O3S/c1-9-14(11,12)10-6-5(8)4-2-3-13-7(4)6/h4-7,9-10H,2-3,8H2,1H3. The van der Waals surface area contributed by atoms with Crippen LogP contribution in [0.4, 0.5) is 0 Å². The van der Waals surface area contributed by atoms with E-state index < -0.39 is 10.2 Å². The summed E-state index contributed by atoms with van der Waals surface area (Å²) in [6.07, 6.45) is 0.900. The van der Waals surface area contributed by atoms with Crippen LogP contribution in [0.2, 0.25) is 0 Å². The summed E-state index contributed by atoms with van der Waals surface area (Å²) in [7, 11) is -2.05. The Balaban J connectivity index is 2.00. The minimum absolute atomic E-state index is 0.0341. The Labute approximate surface area is 83.4 Å². The summed E-state index contributed by atoms with van der Waals surface area (Å²) in [4.78, 5) is 0. The fourth-order valence-corrected chi connectivity index (χ4v) is 2.90. The lowest BCUT2D eigenvalue weighted by Crippen LogP contribution is -2.69. The van der Waals surface area contributed by atoms with Crippen molar-refractivity contribution in [2.45, 2.75) is 24.6 Å². The Hall–Kier alpha value is -0.210. The van der Waals surface area contributed by atoms with Crippen LogP contribution in [-0.2, 0) is 14.9 Å². The van der Waals surface area contributed by atoms with Gasteiger partial charge in [-0.3, -0.25) is 0 Å². The summed E-state index contributed by atoms with van der Waals surface area (Å²) in [6.45, 7) is 0.681. The largest absolute Gasteiger partial charge is 0.376 e. The van der Waals surface area contributed by atoms with Gasteiger partial charge < -0.3 is 10.5 Å². The summed E-state index contributed by atoms with van der Waals surface area (Å²) in [5.41, 5.74) is 5.84. The number of nitrogens with two attached hydrogens (primary N) is 1. The molecule has 1 aliphatic heterocycles. The number of hydrogen-bond acceptors (Lipinski definition) is 4. The number of rotatable bonds is 3. The topological polar surface area (TPSA) is 93.5 Å². The highest BCUT2D eigenvalue weighted by molar-refractivity contribution is 7.87. The van der Waals surface area contributed by atoms with Gasteiger partial charge in [-0.25, -0.2) is 4.72 Å². The molecule has 4 atom stereocenters. The highest BCUT2D eigenvalue weighted by atomic mass is 32.2. The van der Waals surface area contributed by atoms with Crippen molar-refractivity contribution in [2.24, 2.45) is 11.7 Å². The second-order valence-corrected chi connectivity index (χ2v) is 5.37. The third-order valence-electron chi connectivity index (χ3n) is 3.01. The van der Waals surface area contributed by atoms with Gasteiger partial charge in [0.15, 0.2) is 0 Å². The van der Waals surface area contributed by atoms with E-state index in [-0.39, 0.29) is 18.2 Å². The molecule has 6 nitrogen and oxygen atoms in total. The van der Waals surface area contributed by atoms with Gasteiger partial charge in [-0.1, -0.05) is 0 Å². The number of nitrogens with one attached hydrogen (secondary N) is 2. The molecule has 2 rings (SSSR count). The molecule has 0 radical (unpaired) electrons. The van der Waals surface area contributed by atoms with Crippen LogP contribution in [0.25, 0.3) is 0 Å². The molecule has 7 heteroatoms. The van der Waals surface area contributed by atoms with E-state index >= 15 is 0 Å². The smallest absolute Gasteiger partial charge is 0.277 e. The summed E-state index contributed by atoms with van der Waals surface area (Å²) in [5, 5.41) is 0. The van der Waals surface area contributed by atoms with E-state index in [1.54, 1.807) is 0 Å². The minimum Gasteiger partial charge on any atom is -0.376 e. The van der Waals surface area contributed by atoms with Crippen molar-refractivity contribution < 1.29 is 13.2 Å². The first-order valence-electron chi connectivity index (χ1n) is 4.63. The van der Waals surface area contributed by atoms with Crippen molar-refractivity contribution in [1.29, 1.82) is 0 Å². The van der Waals surface area contributed by atoms with E-state index in [9.17, 15) is 8.42 Å². The number of fused-ring (bicyclic) bond motifs is 1. The van der Waals surface area contributed by atoms with E-state index in [1.165, 1.54) is 7.05 Å². The van der Waals surface area contributed by atoms with Crippen molar-refractivity contribution in [1.82, 2.24) is 9.44 Å².